The van der Waals surface area contributed by atoms with Crippen LogP contribution in [0.2, 0.25) is 0 Å². The summed E-state index contributed by atoms with van der Waals surface area (Å²) < 4.78 is 0. The lowest BCUT2D eigenvalue weighted by Crippen LogP contribution is -2.48. The van der Waals surface area contributed by atoms with E-state index in [0.29, 0.717) is 6.54 Å². The Morgan fingerprint density at radius 1 is 1.13 bits per heavy atom. The molecule has 156 valence electrons. The van der Waals surface area contributed by atoms with E-state index >= 15 is 0 Å². The predicted octanol–water partition coefficient (Wildman–Crippen LogP) is 2.78. The van der Waals surface area contributed by atoms with Crippen molar-refractivity contribution in [1.29, 1.82) is 0 Å². The average molecular weight is 405 g/mol. The Kier molecular flexibility index (Phi) is 6.14. The first-order valence-electron chi connectivity index (χ1n) is 10.5. The highest BCUT2D eigenvalue weighted by atomic mass is 16.2. The van der Waals surface area contributed by atoms with E-state index in [1.54, 1.807) is 7.05 Å². The van der Waals surface area contributed by atoms with Crippen LogP contribution in [0.5, 0.6) is 0 Å². The van der Waals surface area contributed by atoms with Gasteiger partial charge >= 0.3 is 0 Å². The quantitative estimate of drug-likeness (QED) is 0.567. The lowest BCUT2D eigenvalue weighted by molar-refractivity contribution is -0.131. The number of fused-ring (bicyclic) bond motifs is 1. The molecule has 2 amide bonds. The summed E-state index contributed by atoms with van der Waals surface area (Å²) in [5.41, 5.74) is 3.22. The molecule has 3 N–H and O–H groups in total. The zero-order valence-electron chi connectivity index (χ0n) is 17.2. The number of carbonyl (C=O) groups is 2. The molecule has 0 bridgehead atoms. The highest BCUT2D eigenvalue weighted by Crippen LogP contribution is 2.30. The van der Waals surface area contributed by atoms with Crippen LogP contribution in [0.15, 0.2) is 60.8 Å². The van der Waals surface area contributed by atoms with Gasteiger partial charge < -0.3 is 15.6 Å². The number of amides is 2. The lowest BCUT2D eigenvalue weighted by Gasteiger charge is -2.31. The van der Waals surface area contributed by atoms with E-state index < -0.39 is 6.04 Å². The molecule has 2 heterocycles. The van der Waals surface area contributed by atoms with Gasteiger partial charge in [0.15, 0.2) is 0 Å². The topological polar surface area (TPSA) is 77.2 Å². The second kappa shape index (κ2) is 9.13. The molecule has 0 saturated carbocycles. The highest BCUT2D eigenvalue weighted by Gasteiger charge is 2.38. The van der Waals surface area contributed by atoms with Gasteiger partial charge in [-0.1, -0.05) is 48.5 Å². The number of hydrogen-bond acceptors (Lipinski definition) is 3. The van der Waals surface area contributed by atoms with E-state index in [1.807, 2.05) is 53.6 Å². The molecule has 0 radical (unpaired) electrons. The maximum absolute atomic E-state index is 13.0. The van der Waals surface area contributed by atoms with Crippen molar-refractivity contribution >= 4 is 22.7 Å². The Hall–Kier alpha value is -3.12. The van der Waals surface area contributed by atoms with Crippen LogP contribution < -0.4 is 10.6 Å². The van der Waals surface area contributed by atoms with E-state index in [0.717, 1.165) is 36.9 Å². The highest BCUT2D eigenvalue weighted by molar-refractivity contribution is 5.86. The Balaban J connectivity index is 1.43. The van der Waals surface area contributed by atoms with Crippen LogP contribution in [0, 0.1) is 0 Å². The maximum atomic E-state index is 13.0. The number of aromatic amines is 1. The number of benzene rings is 2. The molecule has 4 rings (SSSR count). The third-order valence-electron chi connectivity index (χ3n) is 5.91. The fourth-order valence-corrected chi connectivity index (χ4v) is 4.42. The zero-order valence-corrected chi connectivity index (χ0v) is 17.2. The molecule has 6 heteroatoms. The van der Waals surface area contributed by atoms with Gasteiger partial charge in [0.25, 0.3) is 0 Å². The first-order valence-corrected chi connectivity index (χ1v) is 10.5. The molecule has 30 heavy (non-hydrogen) atoms. The fraction of sp³-hybridized carbons (Fsp3) is 0.333. The second-order valence-electron chi connectivity index (χ2n) is 7.72. The number of para-hydroxylation sites is 1. The number of aromatic nitrogens is 1. The first kappa shape index (κ1) is 20.2. The number of carbonyl (C=O) groups excluding carboxylic acids is 2. The van der Waals surface area contributed by atoms with Gasteiger partial charge in [-0.2, -0.15) is 0 Å². The normalized spacial score (nSPS) is 17.7. The summed E-state index contributed by atoms with van der Waals surface area (Å²) in [6.45, 7) is 1.30. The zero-order chi connectivity index (χ0) is 20.9. The van der Waals surface area contributed by atoms with E-state index in [1.165, 1.54) is 10.9 Å². The molecule has 2 atom stereocenters. The van der Waals surface area contributed by atoms with Gasteiger partial charge in [0.1, 0.15) is 6.04 Å². The molecule has 1 fully saturated rings. The Bertz CT molecular complexity index is 1010. The minimum Gasteiger partial charge on any atom is -0.361 e. The Morgan fingerprint density at radius 2 is 1.90 bits per heavy atom. The average Bonchev–Trinajstić information content (AvgIpc) is 3.42. The van der Waals surface area contributed by atoms with E-state index in [-0.39, 0.29) is 17.9 Å². The van der Waals surface area contributed by atoms with Crippen LogP contribution in [0.1, 0.15) is 30.0 Å². The third-order valence-corrected chi connectivity index (χ3v) is 5.91. The van der Waals surface area contributed by atoms with Gasteiger partial charge in [-0.15, -0.1) is 0 Å². The number of likely N-dealkylation sites (tertiary alicyclic amines) is 1. The van der Waals surface area contributed by atoms with E-state index in [2.05, 4.69) is 27.8 Å². The SMILES string of the molecule is CNC(=O)[C@@H](c1ccccc1)N1CCC[C@H]1C(=O)NCCc1c[nH]c2ccccc12. The van der Waals surface area contributed by atoms with Crippen LogP contribution >= 0.6 is 0 Å². The smallest absolute Gasteiger partial charge is 0.241 e. The molecule has 0 spiro atoms. The molecule has 6 nitrogen and oxygen atoms in total. The van der Waals surface area contributed by atoms with Gasteiger partial charge in [0, 0.05) is 37.2 Å². The minimum absolute atomic E-state index is 0.00262. The van der Waals surface area contributed by atoms with Crippen molar-refractivity contribution in [2.45, 2.75) is 31.3 Å². The molecule has 0 unspecified atom stereocenters. The first-order chi connectivity index (χ1) is 14.7. The summed E-state index contributed by atoms with van der Waals surface area (Å²) in [5, 5.41) is 7.05. The van der Waals surface area contributed by atoms with Crippen molar-refractivity contribution in [3.05, 3.63) is 71.9 Å². The van der Waals surface area contributed by atoms with Gasteiger partial charge in [-0.25, -0.2) is 0 Å². The number of likely N-dealkylation sites (N-methyl/N-ethyl adjacent to an activating group) is 1. The van der Waals surface area contributed by atoms with Gasteiger partial charge in [-0.3, -0.25) is 14.5 Å². The molecular weight excluding hydrogens is 376 g/mol. The predicted molar refractivity (Wildman–Crippen MR) is 118 cm³/mol. The molecule has 2 aromatic carbocycles. The van der Waals surface area contributed by atoms with Gasteiger partial charge in [-0.05, 0) is 36.5 Å². The number of nitrogens with one attached hydrogen (secondary N) is 3. The van der Waals surface area contributed by atoms with Crippen LogP contribution in [0.25, 0.3) is 10.9 Å². The third kappa shape index (κ3) is 4.09. The van der Waals surface area contributed by atoms with Crippen LogP contribution in [0.4, 0.5) is 0 Å². The summed E-state index contributed by atoms with van der Waals surface area (Å²) in [5.74, 6) is -0.0862. The van der Waals surface area contributed by atoms with Crippen LogP contribution in [0.3, 0.4) is 0 Å². The minimum atomic E-state index is -0.455. The summed E-state index contributed by atoms with van der Waals surface area (Å²) in [7, 11) is 1.64. The van der Waals surface area contributed by atoms with Gasteiger partial charge in [0.2, 0.25) is 11.8 Å². The number of H-pyrrole nitrogens is 1. The van der Waals surface area contributed by atoms with Crippen molar-refractivity contribution < 1.29 is 9.59 Å². The number of hydrogen-bond donors (Lipinski definition) is 3. The summed E-state index contributed by atoms with van der Waals surface area (Å²) in [4.78, 5) is 31.0. The molecular formula is C24H28N4O2. The molecule has 3 aromatic rings. The Morgan fingerprint density at radius 3 is 2.70 bits per heavy atom. The monoisotopic (exact) mass is 404 g/mol. The van der Waals surface area contributed by atoms with Crippen molar-refractivity contribution in [1.82, 2.24) is 20.5 Å². The summed E-state index contributed by atoms with van der Waals surface area (Å²) in [6.07, 6.45) is 4.44. The van der Waals surface area contributed by atoms with E-state index in [9.17, 15) is 9.59 Å². The molecule has 1 saturated heterocycles. The number of nitrogens with zero attached hydrogens (tertiary/aromatic N) is 1. The standard InChI is InChI=1S/C24H28N4O2/c1-25-24(30)22(17-8-3-2-4-9-17)28-15-7-12-21(28)23(29)26-14-13-18-16-27-20-11-6-5-10-19(18)20/h2-6,8-11,16,21-22,27H,7,12-15H2,1H3,(H,25,30)(H,26,29)/t21-,22+/m0/s1. The summed E-state index contributed by atoms with van der Waals surface area (Å²) in [6, 6.07) is 17.1. The molecule has 1 aromatic heterocycles. The molecule has 1 aliphatic rings. The number of rotatable bonds is 7. The Labute approximate surface area is 176 Å². The van der Waals surface area contributed by atoms with Crippen LogP contribution in [-0.4, -0.2) is 47.9 Å². The second-order valence-corrected chi connectivity index (χ2v) is 7.72. The van der Waals surface area contributed by atoms with E-state index in [4.69, 9.17) is 0 Å². The van der Waals surface area contributed by atoms with Crippen molar-refractivity contribution in [3.8, 4) is 0 Å². The maximum Gasteiger partial charge on any atom is 0.241 e. The lowest BCUT2D eigenvalue weighted by atomic mass is 10.0. The molecule has 0 aliphatic carbocycles. The largest absolute Gasteiger partial charge is 0.361 e. The summed E-state index contributed by atoms with van der Waals surface area (Å²) >= 11 is 0. The molecule has 1 aliphatic heterocycles. The van der Waals surface area contributed by atoms with Crippen molar-refractivity contribution in [2.24, 2.45) is 0 Å². The van der Waals surface area contributed by atoms with Crippen molar-refractivity contribution in [3.63, 3.8) is 0 Å². The van der Waals surface area contributed by atoms with Gasteiger partial charge in [0.05, 0.1) is 6.04 Å². The fourth-order valence-electron chi connectivity index (χ4n) is 4.42. The van der Waals surface area contributed by atoms with Crippen molar-refractivity contribution in [2.75, 3.05) is 20.1 Å². The van der Waals surface area contributed by atoms with Crippen LogP contribution in [-0.2, 0) is 16.0 Å².